The van der Waals surface area contributed by atoms with E-state index < -0.39 is 9.84 Å². The number of amides is 1. The van der Waals surface area contributed by atoms with Gasteiger partial charge in [-0.05, 0) is 12.1 Å². The van der Waals surface area contributed by atoms with Gasteiger partial charge in [-0.3, -0.25) is 4.79 Å². The number of halogens is 2. The molecule has 4 nitrogen and oxygen atoms in total. The fraction of sp³-hybridized carbons (Fsp3) is 0.417. The molecule has 0 spiro atoms. The van der Waals surface area contributed by atoms with Crippen molar-refractivity contribution < 1.29 is 13.2 Å². The van der Waals surface area contributed by atoms with Gasteiger partial charge in [0.15, 0.2) is 9.84 Å². The maximum atomic E-state index is 12.1. The van der Waals surface area contributed by atoms with Gasteiger partial charge in [0, 0.05) is 12.3 Å². The number of rotatable bonds is 1. The van der Waals surface area contributed by atoms with Gasteiger partial charge in [0.2, 0.25) is 5.91 Å². The molecule has 2 fully saturated rings. The van der Waals surface area contributed by atoms with Crippen LogP contribution in [0, 0.1) is 5.92 Å². The van der Waals surface area contributed by atoms with Crippen LogP contribution in [-0.2, 0) is 14.6 Å². The molecule has 0 aliphatic carbocycles. The molecule has 102 valence electrons. The van der Waals surface area contributed by atoms with Crippen molar-refractivity contribution >= 4 is 44.6 Å². The summed E-state index contributed by atoms with van der Waals surface area (Å²) in [5, 5.41) is 0.652. The Kier molecular flexibility index (Phi) is 3.04. The predicted molar refractivity (Wildman–Crippen MR) is 74.5 cm³/mol. The van der Waals surface area contributed by atoms with Crippen LogP contribution >= 0.6 is 23.2 Å². The standard InChI is InChI=1S/C12H11Cl2NO3S/c13-8-2-1-3-9(12(8)14)15-10-6-19(17,18)5-7(10)4-11(15)16/h1-3,7,10H,4-6H2/t7-,10+/m1/s1. The molecule has 0 radical (unpaired) electrons. The van der Waals surface area contributed by atoms with Crippen LogP contribution in [0.5, 0.6) is 0 Å². The first-order chi connectivity index (χ1) is 8.89. The van der Waals surface area contributed by atoms with E-state index in [2.05, 4.69) is 0 Å². The average molecular weight is 320 g/mol. The summed E-state index contributed by atoms with van der Waals surface area (Å²) < 4.78 is 23.4. The lowest BCUT2D eigenvalue weighted by molar-refractivity contribution is -0.117. The van der Waals surface area contributed by atoms with Gasteiger partial charge in [-0.25, -0.2) is 8.42 Å². The van der Waals surface area contributed by atoms with E-state index in [1.54, 1.807) is 18.2 Å². The Hall–Kier alpha value is -0.780. The monoisotopic (exact) mass is 319 g/mol. The summed E-state index contributed by atoms with van der Waals surface area (Å²) in [6, 6.07) is 4.72. The van der Waals surface area contributed by atoms with Crippen LogP contribution in [0.3, 0.4) is 0 Å². The van der Waals surface area contributed by atoms with Crippen LogP contribution in [0.15, 0.2) is 18.2 Å². The van der Waals surface area contributed by atoms with Crippen molar-refractivity contribution in [1.29, 1.82) is 0 Å². The number of anilines is 1. The molecule has 19 heavy (non-hydrogen) atoms. The third-order valence-electron chi connectivity index (χ3n) is 3.66. The van der Waals surface area contributed by atoms with E-state index in [-0.39, 0.29) is 35.8 Å². The molecule has 0 saturated carbocycles. The van der Waals surface area contributed by atoms with Crippen molar-refractivity contribution in [2.75, 3.05) is 16.4 Å². The molecule has 0 N–H and O–H groups in total. The second kappa shape index (κ2) is 4.36. The molecule has 2 aliphatic rings. The van der Waals surface area contributed by atoms with E-state index >= 15 is 0 Å². The fourth-order valence-electron chi connectivity index (χ4n) is 2.88. The van der Waals surface area contributed by atoms with Crippen LogP contribution in [0.1, 0.15) is 6.42 Å². The van der Waals surface area contributed by atoms with Gasteiger partial charge in [0.05, 0.1) is 33.3 Å². The second-order valence-electron chi connectivity index (χ2n) is 4.95. The molecular weight excluding hydrogens is 309 g/mol. The molecule has 0 unspecified atom stereocenters. The van der Waals surface area contributed by atoms with E-state index in [1.165, 1.54) is 4.90 Å². The number of sulfone groups is 1. The van der Waals surface area contributed by atoms with Crippen molar-refractivity contribution in [1.82, 2.24) is 0 Å². The largest absolute Gasteiger partial charge is 0.306 e. The Morgan fingerprint density at radius 3 is 2.68 bits per heavy atom. The van der Waals surface area contributed by atoms with Crippen molar-refractivity contribution in [3.63, 3.8) is 0 Å². The number of hydrogen-bond donors (Lipinski definition) is 0. The first-order valence-electron chi connectivity index (χ1n) is 5.85. The summed E-state index contributed by atoms with van der Waals surface area (Å²) >= 11 is 12.1. The van der Waals surface area contributed by atoms with Crippen LogP contribution in [0.25, 0.3) is 0 Å². The zero-order chi connectivity index (χ0) is 13.8. The van der Waals surface area contributed by atoms with E-state index in [0.717, 1.165) is 0 Å². The van der Waals surface area contributed by atoms with E-state index in [0.29, 0.717) is 15.7 Å². The molecule has 2 aliphatic heterocycles. The topological polar surface area (TPSA) is 54.5 Å². The maximum Gasteiger partial charge on any atom is 0.227 e. The lowest BCUT2D eigenvalue weighted by Crippen LogP contribution is -2.36. The fourth-order valence-corrected chi connectivity index (χ4v) is 5.34. The minimum atomic E-state index is -3.06. The molecule has 0 bridgehead atoms. The highest BCUT2D eigenvalue weighted by Gasteiger charge is 2.49. The summed E-state index contributed by atoms with van der Waals surface area (Å²) in [6.45, 7) is 0. The molecular formula is C12H11Cl2NO3S. The highest BCUT2D eigenvalue weighted by molar-refractivity contribution is 7.91. The van der Waals surface area contributed by atoms with Gasteiger partial charge < -0.3 is 4.90 Å². The summed E-state index contributed by atoms with van der Waals surface area (Å²) in [5.41, 5.74) is 0.503. The molecule has 1 amide bonds. The third kappa shape index (κ3) is 2.14. The van der Waals surface area contributed by atoms with Gasteiger partial charge in [-0.1, -0.05) is 29.3 Å². The van der Waals surface area contributed by atoms with Crippen LogP contribution in [0.2, 0.25) is 10.0 Å². The Morgan fingerprint density at radius 2 is 1.95 bits per heavy atom. The Bertz CT molecular complexity index is 659. The second-order valence-corrected chi connectivity index (χ2v) is 7.88. The van der Waals surface area contributed by atoms with Gasteiger partial charge in [0.25, 0.3) is 0 Å². The number of carbonyl (C=O) groups excluding carboxylic acids is 1. The minimum Gasteiger partial charge on any atom is -0.306 e. The number of nitrogens with zero attached hydrogens (tertiary/aromatic N) is 1. The van der Waals surface area contributed by atoms with Gasteiger partial charge in [-0.15, -0.1) is 0 Å². The molecule has 2 saturated heterocycles. The first kappa shape index (κ1) is 13.2. The molecule has 2 heterocycles. The molecule has 3 rings (SSSR count). The highest BCUT2D eigenvalue weighted by Crippen LogP contribution is 2.41. The number of benzene rings is 1. The molecule has 2 atom stereocenters. The average Bonchev–Trinajstić information content (AvgIpc) is 2.73. The Balaban J connectivity index is 2.05. The lowest BCUT2D eigenvalue weighted by Gasteiger charge is -2.24. The molecule has 7 heteroatoms. The summed E-state index contributed by atoms with van der Waals surface area (Å²) in [5.74, 6) is -0.133. The Labute approximate surface area is 121 Å². The number of hydrogen-bond acceptors (Lipinski definition) is 3. The zero-order valence-corrected chi connectivity index (χ0v) is 12.2. The molecule has 0 aromatic heterocycles. The van der Waals surface area contributed by atoms with E-state index in [1.807, 2.05) is 0 Å². The highest BCUT2D eigenvalue weighted by atomic mass is 35.5. The SMILES string of the molecule is O=C1C[C@@H]2CS(=O)(=O)C[C@@H]2N1c1cccc(Cl)c1Cl. The normalized spacial score (nSPS) is 28.7. The maximum absolute atomic E-state index is 12.1. The van der Waals surface area contributed by atoms with Crippen molar-refractivity contribution in [2.45, 2.75) is 12.5 Å². The van der Waals surface area contributed by atoms with E-state index in [4.69, 9.17) is 23.2 Å². The van der Waals surface area contributed by atoms with Crippen molar-refractivity contribution in [2.24, 2.45) is 5.92 Å². The summed E-state index contributed by atoms with van der Waals surface area (Å²) in [4.78, 5) is 13.6. The van der Waals surface area contributed by atoms with Gasteiger partial charge in [0.1, 0.15) is 0 Å². The van der Waals surface area contributed by atoms with Crippen LogP contribution in [0.4, 0.5) is 5.69 Å². The van der Waals surface area contributed by atoms with Crippen LogP contribution < -0.4 is 4.90 Å². The smallest absolute Gasteiger partial charge is 0.227 e. The number of fused-ring (bicyclic) bond motifs is 1. The van der Waals surface area contributed by atoms with Gasteiger partial charge >= 0.3 is 0 Å². The predicted octanol–water partition coefficient (Wildman–Crippen LogP) is 2.14. The summed E-state index contributed by atoms with van der Waals surface area (Å²) in [6.07, 6.45) is 0.257. The van der Waals surface area contributed by atoms with Crippen molar-refractivity contribution in [3.8, 4) is 0 Å². The quantitative estimate of drug-likeness (QED) is 0.797. The molecule has 1 aromatic carbocycles. The number of carbonyl (C=O) groups is 1. The Morgan fingerprint density at radius 1 is 1.21 bits per heavy atom. The third-order valence-corrected chi connectivity index (χ3v) is 6.26. The van der Waals surface area contributed by atoms with E-state index in [9.17, 15) is 13.2 Å². The first-order valence-corrected chi connectivity index (χ1v) is 8.43. The molecule has 1 aromatic rings. The zero-order valence-electron chi connectivity index (χ0n) is 9.84. The van der Waals surface area contributed by atoms with Crippen LogP contribution in [-0.4, -0.2) is 31.9 Å². The van der Waals surface area contributed by atoms with Gasteiger partial charge in [-0.2, -0.15) is 0 Å². The minimum absolute atomic E-state index is 0.00620. The lowest BCUT2D eigenvalue weighted by atomic mass is 10.0. The van der Waals surface area contributed by atoms with Crippen molar-refractivity contribution in [3.05, 3.63) is 28.2 Å². The summed E-state index contributed by atoms with van der Waals surface area (Å²) in [7, 11) is -3.06.